The number of imidazole rings is 1. The minimum atomic E-state index is 0.644. The fraction of sp³-hybridized carbons (Fsp3) is 0.182. The third-order valence-electron chi connectivity index (χ3n) is 2.30. The van der Waals surface area contributed by atoms with E-state index in [4.69, 9.17) is 11.6 Å². The van der Waals surface area contributed by atoms with Gasteiger partial charge in [-0.25, -0.2) is 4.98 Å². The van der Waals surface area contributed by atoms with Gasteiger partial charge in [0.25, 0.3) is 0 Å². The van der Waals surface area contributed by atoms with Crippen LogP contribution in [0, 0.1) is 0 Å². The third-order valence-corrected chi connectivity index (χ3v) is 3.15. The lowest BCUT2D eigenvalue weighted by atomic mass is 10.3. The summed E-state index contributed by atoms with van der Waals surface area (Å²) in [5.74, 6) is 0.907. The Morgan fingerprint density at radius 2 is 2.31 bits per heavy atom. The Labute approximate surface area is 108 Å². The van der Waals surface area contributed by atoms with Gasteiger partial charge in [0, 0.05) is 17.2 Å². The van der Waals surface area contributed by atoms with Crippen molar-refractivity contribution in [3.05, 3.63) is 45.9 Å². The summed E-state index contributed by atoms with van der Waals surface area (Å²) in [5, 5.41) is 3.93. The van der Waals surface area contributed by atoms with E-state index in [0.717, 1.165) is 16.0 Å². The molecule has 2 aromatic rings. The van der Waals surface area contributed by atoms with E-state index >= 15 is 0 Å². The van der Waals surface area contributed by atoms with Crippen LogP contribution in [0.2, 0.25) is 5.15 Å². The molecule has 0 aliphatic rings. The van der Waals surface area contributed by atoms with E-state index in [1.54, 1.807) is 6.20 Å². The van der Waals surface area contributed by atoms with Gasteiger partial charge in [-0.15, -0.1) is 0 Å². The van der Waals surface area contributed by atoms with Gasteiger partial charge < -0.3 is 9.88 Å². The number of hydrogen-bond donors (Lipinski definition) is 1. The Balaban J connectivity index is 2.05. The van der Waals surface area contributed by atoms with Gasteiger partial charge in [-0.2, -0.15) is 0 Å². The fourth-order valence-corrected chi connectivity index (χ4v) is 1.91. The van der Waals surface area contributed by atoms with Gasteiger partial charge in [-0.3, -0.25) is 0 Å². The highest BCUT2D eigenvalue weighted by molar-refractivity contribution is 9.10. The average Bonchev–Trinajstić information content (AvgIpc) is 2.57. The number of aromatic nitrogens is 2. The molecule has 0 spiro atoms. The predicted molar refractivity (Wildman–Crippen MR) is 69.7 cm³/mol. The molecule has 1 aromatic carbocycles. The maximum Gasteiger partial charge on any atom is 0.128 e. The maximum absolute atomic E-state index is 5.90. The lowest BCUT2D eigenvalue weighted by Crippen LogP contribution is -2.05. The summed E-state index contributed by atoms with van der Waals surface area (Å²) in [6, 6.07) is 8.00. The standard InChI is InChI=1S/C11H11BrClN3/c1-16-10(13)6-15-11(16)7-14-9-4-2-3-8(12)5-9/h2-6,14H,7H2,1H3. The molecule has 0 fully saturated rings. The number of rotatable bonds is 3. The summed E-state index contributed by atoms with van der Waals surface area (Å²) in [6.07, 6.45) is 1.65. The van der Waals surface area contributed by atoms with Gasteiger partial charge in [-0.05, 0) is 18.2 Å². The monoisotopic (exact) mass is 299 g/mol. The minimum absolute atomic E-state index is 0.644. The number of nitrogens with one attached hydrogen (secondary N) is 1. The SMILES string of the molecule is Cn1c(Cl)cnc1CNc1cccc(Br)c1. The molecule has 84 valence electrons. The van der Waals surface area contributed by atoms with Crippen LogP contribution < -0.4 is 5.32 Å². The molecule has 1 heterocycles. The van der Waals surface area contributed by atoms with Crippen LogP contribution >= 0.6 is 27.5 Å². The molecule has 0 atom stereocenters. The van der Waals surface area contributed by atoms with Crippen LogP contribution in [-0.2, 0) is 13.6 Å². The average molecular weight is 301 g/mol. The van der Waals surface area contributed by atoms with E-state index in [1.165, 1.54) is 0 Å². The first kappa shape index (κ1) is 11.5. The van der Waals surface area contributed by atoms with Crippen molar-refractivity contribution in [3.63, 3.8) is 0 Å². The molecule has 0 saturated carbocycles. The molecular weight excluding hydrogens is 289 g/mol. The zero-order chi connectivity index (χ0) is 11.5. The first-order chi connectivity index (χ1) is 7.66. The Hall–Kier alpha value is -1.000. The van der Waals surface area contributed by atoms with Gasteiger partial charge in [0.05, 0.1) is 12.7 Å². The summed E-state index contributed by atoms with van der Waals surface area (Å²) >= 11 is 9.33. The van der Waals surface area contributed by atoms with Crippen molar-refractivity contribution in [2.45, 2.75) is 6.54 Å². The second-order valence-electron chi connectivity index (χ2n) is 3.42. The highest BCUT2D eigenvalue weighted by Crippen LogP contribution is 2.16. The molecule has 0 saturated heterocycles. The Bertz CT molecular complexity index is 496. The highest BCUT2D eigenvalue weighted by Gasteiger charge is 2.03. The molecule has 1 N–H and O–H groups in total. The van der Waals surface area contributed by atoms with E-state index < -0.39 is 0 Å². The third kappa shape index (κ3) is 2.57. The lowest BCUT2D eigenvalue weighted by Gasteiger charge is -2.06. The number of nitrogens with zero attached hydrogens (tertiary/aromatic N) is 2. The van der Waals surface area contributed by atoms with Crippen molar-refractivity contribution in [3.8, 4) is 0 Å². The maximum atomic E-state index is 5.90. The van der Waals surface area contributed by atoms with Crippen molar-refractivity contribution >= 4 is 33.2 Å². The number of anilines is 1. The van der Waals surface area contributed by atoms with Crippen LogP contribution in [-0.4, -0.2) is 9.55 Å². The van der Waals surface area contributed by atoms with Crippen molar-refractivity contribution in [1.29, 1.82) is 0 Å². The van der Waals surface area contributed by atoms with E-state index in [1.807, 2.05) is 35.9 Å². The van der Waals surface area contributed by atoms with E-state index in [9.17, 15) is 0 Å². The molecule has 0 radical (unpaired) electrons. The zero-order valence-corrected chi connectivity index (χ0v) is 11.1. The second-order valence-corrected chi connectivity index (χ2v) is 4.72. The molecule has 16 heavy (non-hydrogen) atoms. The Morgan fingerprint density at radius 1 is 1.50 bits per heavy atom. The smallest absolute Gasteiger partial charge is 0.128 e. The molecule has 1 aromatic heterocycles. The van der Waals surface area contributed by atoms with Crippen LogP contribution in [0.4, 0.5) is 5.69 Å². The quantitative estimate of drug-likeness (QED) is 0.941. The number of benzene rings is 1. The first-order valence-corrected chi connectivity index (χ1v) is 5.99. The number of hydrogen-bond acceptors (Lipinski definition) is 2. The van der Waals surface area contributed by atoms with Gasteiger partial charge in [-0.1, -0.05) is 33.6 Å². The molecule has 0 unspecified atom stereocenters. The van der Waals surface area contributed by atoms with Crippen LogP contribution in [0.3, 0.4) is 0 Å². The van der Waals surface area contributed by atoms with E-state index in [0.29, 0.717) is 11.7 Å². The topological polar surface area (TPSA) is 29.9 Å². The van der Waals surface area contributed by atoms with Crippen LogP contribution in [0.25, 0.3) is 0 Å². The Kier molecular flexibility index (Phi) is 3.51. The summed E-state index contributed by atoms with van der Waals surface area (Å²) in [5.41, 5.74) is 1.05. The molecule has 0 aliphatic heterocycles. The summed E-state index contributed by atoms with van der Waals surface area (Å²) in [7, 11) is 1.90. The first-order valence-electron chi connectivity index (χ1n) is 4.82. The summed E-state index contributed by atoms with van der Waals surface area (Å²) < 4.78 is 2.90. The molecule has 5 heteroatoms. The molecular formula is C11H11BrClN3. The van der Waals surface area contributed by atoms with Gasteiger partial charge >= 0.3 is 0 Å². The van der Waals surface area contributed by atoms with Crippen molar-refractivity contribution < 1.29 is 0 Å². The van der Waals surface area contributed by atoms with Crippen LogP contribution in [0.15, 0.2) is 34.9 Å². The highest BCUT2D eigenvalue weighted by atomic mass is 79.9. The van der Waals surface area contributed by atoms with Gasteiger partial charge in [0.2, 0.25) is 0 Å². The molecule has 0 amide bonds. The molecule has 0 aliphatic carbocycles. The van der Waals surface area contributed by atoms with E-state index in [-0.39, 0.29) is 0 Å². The van der Waals surface area contributed by atoms with Crippen molar-refractivity contribution in [2.75, 3.05) is 5.32 Å². The van der Waals surface area contributed by atoms with Gasteiger partial charge in [0.1, 0.15) is 11.0 Å². The number of halogens is 2. The lowest BCUT2D eigenvalue weighted by molar-refractivity contribution is 0.813. The van der Waals surface area contributed by atoms with Crippen molar-refractivity contribution in [1.82, 2.24) is 9.55 Å². The molecule has 2 rings (SSSR count). The zero-order valence-electron chi connectivity index (χ0n) is 8.74. The second kappa shape index (κ2) is 4.89. The summed E-state index contributed by atoms with van der Waals surface area (Å²) in [6.45, 7) is 0.652. The Morgan fingerprint density at radius 3 is 2.94 bits per heavy atom. The molecule has 3 nitrogen and oxygen atoms in total. The fourth-order valence-electron chi connectivity index (χ4n) is 1.37. The predicted octanol–water partition coefficient (Wildman–Crippen LogP) is 3.45. The van der Waals surface area contributed by atoms with Crippen LogP contribution in [0.5, 0.6) is 0 Å². The molecule has 0 bridgehead atoms. The largest absolute Gasteiger partial charge is 0.378 e. The van der Waals surface area contributed by atoms with Crippen molar-refractivity contribution in [2.24, 2.45) is 7.05 Å². The minimum Gasteiger partial charge on any atom is -0.378 e. The van der Waals surface area contributed by atoms with Crippen LogP contribution in [0.1, 0.15) is 5.82 Å². The van der Waals surface area contributed by atoms with E-state index in [2.05, 4.69) is 26.2 Å². The normalized spacial score (nSPS) is 10.4. The summed E-state index contributed by atoms with van der Waals surface area (Å²) in [4.78, 5) is 4.21. The van der Waals surface area contributed by atoms with Gasteiger partial charge in [0.15, 0.2) is 0 Å².